The number of Topliss-reactive ketones (excluding diaryl/α,β-unsaturated/α-hetero) is 1. The number of aromatic nitrogens is 3. The lowest BCUT2D eigenvalue weighted by Gasteiger charge is -2.28. The number of benzene rings is 2. The number of nitrogens with one attached hydrogen (secondary N) is 3. The van der Waals surface area contributed by atoms with Crippen molar-refractivity contribution in [3.63, 3.8) is 0 Å². The molecule has 0 unspecified atom stereocenters. The van der Waals surface area contributed by atoms with Gasteiger partial charge in [-0.3, -0.25) is 24.5 Å². The standard InChI is InChI=1S/C23H14N4O3/c28-20-14-7-2-1-6-13(14)19-17(20)16(18-21(25-19)26-23(30)27-22(18)29)12-9-10-24-15-8-4-3-5-11(12)15/h1-10,16H,(H3,25,26,27,29,30)/t16-/m0/s1. The van der Waals surface area contributed by atoms with E-state index in [0.29, 0.717) is 28.2 Å². The molecule has 2 aliphatic rings. The summed E-state index contributed by atoms with van der Waals surface area (Å²) in [5.41, 5.74) is 3.18. The number of para-hydroxylation sites is 1. The zero-order valence-electron chi connectivity index (χ0n) is 15.5. The first-order chi connectivity index (χ1) is 14.6. The Morgan fingerprint density at radius 1 is 0.833 bits per heavy atom. The van der Waals surface area contributed by atoms with Gasteiger partial charge in [0, 0.05) is 34.2 Å². The summed E-state index contributed by atoms with van der Waals surface area (Å²) >= 11 is 0. The molecule has 7 heteroatoms. The summed E-state index contributed by atoms with van der Waals surface area (Å²) in [5, 5.41) is 3.99. The predicted molar refractivity (Wildman–Crippen MR) is 113 cm³/mol. The van der Waals surface area contributed by atoms with Gasteiger partial charge in [-0.2, -0.15) is 0 Å². The molecule has 0 saturated carbocycles. The van der Waals surface area contributed by atoms with Gasteiger partial charge in [-0.15, -0.1) is 0 Å². The Labute approximate surface area is 169 Å². The van der Waals surface area contributed by atoms with Gasteiger partial charge in [-0.1, -0.05) is 42.5 Å². The Bertz CT molecular complexity index is 1540. The van der Waals surface area contributed by atoms with Gasteiger partial charge in [-0.05, 0) is 17.7 Å². The minimum absolute atomic E-state index is 0.129. The number of fused-ring (bicyclic) bond motifs is 4. The van der Waals surface area contributed by atoms with Crippen molar-refractivity contribution in [3.8, 4) is 0 Å². The first-order valence-corrected chi connectivity index (χ1v) is 9.49. The fraction of sp³-hybridized carbons (Fsp3) is 0.0435. The summed E-state index contributed by atoms with van der Waals surface area (Å²) in [6, 6.07) is 16.7. The van der Waals surface area contributed by atoms with Gasteiger partial charge in [-0.25, -0.2) is 4.79 Å². The molecule has 0 fully saturated rings. The van der Waals surface area contributed by atoms with Crippen molar-refractivity contribution in [2.75, 3.05) is 5.32 Å². The number of carbonyl (C=O) groups excluding carboxylic acids is 1. The summed E-state index contributed by atoms with van der Waals surface area (Å²) in [6.45, 7) is 0. The molecule has 4 aromatic rings. The number of anilines is 1. The number of ketones is 1. The second-order valence-electron chi connectivity index (χ2n) is 7.34. The number of pyridine rings is 1. The number of hydrogen-bond acceptors (Lipinski definition) is 5. The number of hydrogen-bond donors (Lipinski definition) is 3. The van der Waals surface area contributed by atoms with Gasteiger partial charge in [0.05, 0.1) is 16.8 Å². The van der Waals surface area contributed by atoms with E-state index in [2.05, 4.69) is 20.3 Å². The van der Waals surface area contributed by atoms with Crippen LogP contribution < -0.4 is 16.6 Å². The molecule has 3 N–H and O–H groups in total. The van der Waals surface area contributed by atoms with Crippen molar-refractivity contribution in [2.45, 2.75) is 5.92 Å². The molecule has 6 rings (SSSR count). The average Bonchev–Trinajstić information content (AvgIpc) is 3.04. The summed E-state index contributed by atoms with van der Waals surface area (Å²) in [4.78, 5) is 47.7. The molecule has 30 heavy (non-hydrogen) atoms. The molecule has 2 aromatic carbocycles. The fourth-order valence-electron chi connectivity index (χ4n) is 4.53. The molecule has 1 aliphatic carbocycles. The quantitative estimate of drug-likeness (QED) is 0.460. The van der Waals surface area contributed by atoms with Crippen LogP contribution >= 0.6 is 0 Å². The Balaban J connectivity index is 1.74. The van der Waals surface area contributed by atoms with Gasteiger partial charge in [0.25, 0.3) is 5.56 Å². The van der Waals surface area contributed by atoms with Gasteiger partial charge < -0.3 is 5.32 Å². The second-order valence-corrected chi connectivity index (χ2v) is 7.34. The minimum atomic E-state index is -0.648. The largest absolute Gasteiger partial charge is 0.340 e. The van der Waals surface area contributed by atoms with Crippen LogP contribution in [0.1, 0.15) is 33.0 Å². The van der Waals surface area contributed by atoms with E-state index in [1.807, 2.05) is 48.5 Å². The second kappa shape index (κ2) is 5.87. The van der Waals surface area contributed by atoms with E-state index in [9.17, 15) is 14.4 Å². The van der Waals surface area contributed by atoms with Crippen LogP contribution in [0.4, 0.5) is 5.82 Å². The number of rotatable bonds is 1. The number of aromatic amines is 2. The van der Waals surface area contributed by atoms with Crippen LogP contribution in [0.3, 0.4) is 0 Å². The molecule has 0 saturated heterocycles. The number of nitrogens with zero attached hydrogens (tertiary/aromatic N) is 1. The van der Waals surface area contributed by atoms with Crippen molar-refractivity contribution in [2.24, 2.45) is 0 Å². The normalized spacial score (nSPS) is 16.8. The monoisotopic (exact) mass is 394 g/mol. The van der Waals surface area contributed by atoms with Crippen LogP contribution in [0, 0.1) is 0 Å². The summed E-state index contributed by atoms with van der Waals surface area (Å²) in [5.74, 6) is -0.474. The van der Waals surface area contributed by atoms with E-state index in [1.54, 1.807) is 12.3 Å². The highest BCUT2D eigenvalue weighted by atomic mass is 16.2. The topological polar surface area (TPSA) is 108 Å². The lowest BCUT2D eigenvalue weighted by molar-refractivity contribution is 0.103. The molecule has 0 amide bonds. The van der Waals surface area contributed by atoms with Crippen molar-refractivity contribution in [1.82, 2.24) is 15.0 Å². The molecule has 2 aromatic heterocycles. The predicted octanol–water partition coefficient (Wildman–Crippen LogP) is 2.78. The third-order valence-corrected chi connectivity index (χ3v) is 5.76. The Kier molecular flexibility index (Phi) is 3.26. The Morgan fingerprint density at radius 2 is 1.60 bits per heavy atom. The molecule has 1 aliphatic heterocycles. The van der Waals surface area contributed by atoms with E-state index < -0.39 is 17.2 Å². The number of allylic oxidation sites excluding steroid dienone is 1. The highest BCUT2D eigenvalue weighted by Crippen LogP contribution is 2.48. The number of H-pyrrole nitrogens is 2. The average molecular weight is 394 g/mol. The lowest BCUT2D eigenvalue weighted by atomic mass is 9.80. The maximum absolute atomic E-state index is 13.4. The van der Waals surface area contributed by atoms with Crippen LogP contribution in [0.2, 0.25) is 0 Å². The maximum atomic E-state index is 13.4. The summed E-state index contributed by atoms with van der Waals surface area (Å²) < 4.78 is 0. The van der Waals surface area contributed by atoms with Crippen LogP contribution in [0.15, 0.2) is 76.0 Å². The number of carbonyl (C=O) groups is 1. The van der Waals surface area contributed by atoms with Crippen LogP contribution in [0.25, 0.3) is 16.6 Å². The van der Waals surface area contributed by atoms with E-state index in [1.165, 1.54) is 0 Å². The van der Waals surface area contributed by atoms with E-state index in [4.69, 9.17) is 0 Å². The SMILES string of the molecule is O=C1C2=C(Nc3[nH]c(=O)[nH]c(=O)c3[C@H]2c2ccnc3ccccc23)c2ccccc21. The molecule has 1 atom stereocenters. The lowest BCUT2D eigenvalue weighted by Crippen LogP contribution is -2.33. The first-order valence-electron chi connectivity index (χ1n) is 9.49. The smallest absolute Gasteiger partial charge is 0.327 e. The highest BCUT2D eigenvalue weighted by Gasteiger charge is 2.42. The molecular weight excluding hydrogens is 380 g/mol. The van der Waals surface area contributed by atoms with Gasteiger partial charge in [0.1, 0.15) is 5.82 Å². The van der Waals surface area contributed by atoms with Crippen molar-refractivity contribution in [1.29, 1.82) is 0 Å². The fourth-order valence-corrected chi connectivity index (χ4v) is 4.53. The first kappa shape index (κ1) is 16.7. The van der Waals surface area contributed by atoms with Crippen molar-refractivity contribution >= 4 is 28.2 Å². The summed E-state index contributed by atoms with van der Waals surface area (Å²) in [6.07, 6.45) is 1.67. The van der Waals surface area contributed by atoms with Crippen LogP contribution in [-0.4, -0.2) is 20.7 Å². The van der Waals surface area contributed by atoms with E-state index in [-0.39, 0.29) is 5.78 Å². The maximum Gasteiger partial charge on any atom is 0.327 e. The zero-order chi connectivity index (χ0) is 20.4. The Morgan fingerprint density at radius 3 is 2.47 bits per heavy atom. The van der Waals surface area contributed by atoms with Gasteiger partial charge in [0.2, 0.25) is 0 Å². The van der Waals surface area contributed by atoms with Crippen molar-refractivity contribution in [3.05, 3.63) is 109 Å². The molecule has 0 radical (unpaired) electrons. The third kappa shape index (κ3) is 2.14. The van der Waals surface area contributed by atoms with Gasteiger partial charge in [0.15, 0.2) is 5.78 Å². The zero-order valence-corrected chi connectivity index (χ0v) is 15.5. The highest BCUT2D eigenvalue weighted by molar-refractivity contribution is 6.24. The van der Waals surface area contributed by atoms with Crippen LogP contribution in [-0.2, 0) is 0 Å². The molecule has 0 bridgehead atoms. The van der Waals surface area contributed by atoms with Crippen molar-refractivity contribution < 1.29 is 4.79 Å². The third-order valence-electron chi connectivity index (χ3n) is 5.76. The van der Waals surface area contributed by atoms with Gasteiger partial charge >= 0.3 is 5.69 Å². The Hall–Kier alpha value is -4.26. The van der Waals surface area contributed by atoms with Crippen LogP contribution in [0.5, 0.6) is 0 Å². The molecular formula is C23H14N4O3. The molecule has 7 nitrogen and oxygen atoms in total. The minimum Gasteiger partial charge on any atom is -0.340 e. The van der Waals surface area contributed by atoms with E-state index in [0.717, 1.165) is 22.0 Å². The molecule has 0 spiro atoms. The molecule has 144 valence electrons. The summed E-state index contributed by atoms with van der Waals surface area (Å²) in [7, 11) is 0. The van der Waals surface area contributed by atoms with E-state index >= 15 is 0 Å². The molecule has 3 heterocycles.